The Hall–Kier alpha value is -2.88. The molecule has 0 heterocycles. The van der Waals surface area contributed by atoms with Crippen LogP contribution < -0.4 is 5.73 Å². The van der Waals surface area contributed by atoms with E-state index in [1.54, 1.807) is 18.2 Å². The highest BCUT2D eigenvalue weighted by Crippen LogP contribution is 2.35. The van der Waals surface area contributed by atoms with Crippen LogP contribution in [0.25, 0.3) is 10.8 Å². The summed E-state index contributed by atoms with van der Waals surface area (Å²) in [6, 6.07) is 18.4. The van der Waals surface area contributed by atoms with E-state index in [1.807, 2.05) is 42.5 Å². The summed E-state index contributed by atoms with van der Waals surface area (Å²) >= 11 is 0. The van der Waals surface area contributed by atoms with Gasteiger partial charge in [-0.25, -0.2) is 0 Å². The number of phenols is 1. The lowest BCUT2D eigenvalue weighted by atomic mass is 10.1. The quantitative estimate of drug-likeness (QED) is 0.526. The van der Waals surface area contributed by atoms with Gasteiger partial charge in [0.15, 0.2) is 5.75 Å². The molecular formula is C16H13N3O. The van der Waals surface area contributed by atoms with Crippen molar-refractivity contribution in [1.82, 2.24) is 0 Å². The van der Waals surface area contributed by atoms with Gasteiger partial charge in [-0.05, 0) is 23.6 Å². The molecule has 4 nitrogen and oxygen atoms in total. The predicted molar refractivity (Wildman–Crippen MR) is 80.6 cm³/mol. The molecule has 3 aromatic carbocycles. The molecule has 3 N–H and O–H groups in total. The molecule has 0 fully saturated rings. The number of benzene rings is 3. The molecule has 0 spiro atoms. The monoisotopic (exact) mass is 263 g/mol. The van der Waals surface area contributed by atoms with Crippen molar-refractivity contribution < 1.29 is 5.11 Å². The molecule has 0 aliphatic heterocycles. The van der Waals surface area contributed by atoms with Gasteiger partial charge in [0, 0.05) is 5.39 Å². The first kappa shape index (κ1) is 12.2. The highest BCUT2D eigenvalue weighted by atomic mass is 16.3. The molecule has 98 valence electrons. The Balaban J connectivity index is 2.03. The van der Waals surface area contributed by atoms with Crippen LogP contribution in [0.2, 0.25) is 0 Å². The molecular weight excluding hydrogens is 250 g/mol. The van der Waals surface area contributed by atoms with Crippen molar-refractivity contribution in [3.63, 3.8) is 0 Å². The number of nitrogens with two attached hydrogens (primary N) is 1. The highest BCUT2D eigenvalue weighted by molar-refractivity contribution is 5.92. The summed E-state index contributed by atoms with van der Waals surface area (Å²) in [6.07, 6.45) is 0. The first-order chi connectivity index (χ1) is 9.75. The van der Waals surface area contributed by atoms with Crippen LogP contribution in [0.4, 0.5) is 17.1 Å². The maximum atomic E-state index is 10.2. The maximum Gasteiger partial charge on any atom is 0.150 e. The number of phenolic OH excluding ortho intramolecular Hbond substituents is 1. The molecule has 0 atom stereocenters. The molecule has 0 saturated heterocycles. The zero-order valence-corrected chi connectivity index (χ0v) is 10.7. The minimum absolute atomic E-state index is 0.126. The lowest BCUT2D eigenvalue weighted by molar-refractivity contribution is 0.482. The molecule has 0 radical (unpaired) electrons. The zero-order valence-electron chi connectivity index (χ0n) is 10.7. The number of aromatic hydroxyl groups is 1. The van der Waals surface area contributed by atoms with Gasteiger partial charge in [-0.3, -0.25) is 0 Å². The second-order valence-electron chi connectivity index (χ2n) is 4.41. The second-order valence-corrected chi connectivity index (χ2v) is 4.41. The van der Waals surface area contributed by atoms with Crippen molar-refractivity contribution in [3.05, 3.63) is 60.7 Å². The van der Waals surface area contributed by atoms with E-state index in [0.29, 0.717) is 17.1 Å². The van der Waals surface area contributed by atoms with Gasteiger partial charge in [-0.15, -0.1) is 10.2 Å². The van der Waals surface area contributed by atoms with Crippen LogP contribution in [0.5, 0.6) is 5.75 Å². The van der Waals surface area contributed by atoms with Crippen molar-refractivity contribution in [2.75, 3.05) is 5.73 Å². The molecule has 0 saturated carbocycles. The van der Waals surface area contributed by atoms with E-state index in [1.165, 1.54) is 0 Å². The van der Waals surface area contributed by atoms with Crippen LogP contribution in [0, 0.1) is 0 Å². The van der Waals surface area contributed by atoms with Crippen LogP contribution in [0.1, 0.15) is 0 Å². The van der Waals surface area contributed by atoms with Crippen LogP contribution >= 0.6 is 0 Å². The van der Waals surface area contributed by atoms with E-state index in [4.69, 9.17) is 5.73 Å². The van der Waals surface area contributed by atoms with E-state index >= 15 is 0 Å². The van der Waals surface area contributed by atoms with Gasteiger partial charge in [0.1, 0.15) is 11.4 Å². The Morgan fingerprint density at radius 3 is 2.30 bits per heavy atom. The fourth-order valence-electron chi connectivity index (χ4n) is 2.01. The standard InChI is InChI=1S/C16H13N3O/c17-13-7-3-4-8-14(13)18-19-15-10-9-11-5-1-2-6-12(11)16(15)20/h1-10,20H,17H2. The largest absolute Gasteiger partial charge is 0.505 e. The smallest absolute Gasteiger partial charge is 0.150 e. The van der Waals surface area contributed by atoms with E-state index in [-0.39, 0.29) is 5.75 Å². The number of anilines is 1. The van der Waals surface area contributed by atoms with Crippen LogP contribution in [0.3, 0.4) is 0 Å². The minimum atomic E-state index is 0.126. The summed E-state index contributed by atoms with van der Waals surface area (Å²) < 4.78 is 0. The predicted octanol–water partition coefficient (Wildman–Crippen LogP) is 4.54. The molecule has 0 unspecified atom stereocenters. The summed E-state index contributed by atoms with van der Waals surface area (Å²) in [5, 5.41) is 20.1. The number of hydrogen-bond donors (Lipinski definition) is 2. The number of nitrogens with zero attached hydrogens (tertiary/aromatic N) is 2. The maximum absolute atomic E-state index is 10.2. The first-order valence-electron chi connectivity index (χ1n) is 6.22. The van der Waals surface area contributed by atoms with Gasteiger partial charge < -0.3 is 10.8 Å². The number of para-hydroxylation sites is 1. The number of nitrogen functional groups attached to an aromatic ring is 1. The highest BCUT2D eigenvalue weighted by Gasteiger charge is 2.05. The van der Waals surface area contributed by atoms with Crippen LogP contribution in [0.15, 0.2) is 70.9 Å². The van der Waals surface area contributed by atoms with Crippen LogP contribution in [-0.4, -0.2) is 5.11 Å². The average molecular weight is 263 g/mol. The Kier molecular flexibility index (Phi) is 3.05. The van der Waals surface area contributed by atoms with E-state index in [9.17, 15) is 5.11 Å². The number of hydrogen-bond acceptors (Lipinski definition) is 4. The summed E-state index contributed by atoms with van der Waals surface area (Å²) in [7, 11) is 0. The van der Waals surface area contributed by atoms with Crippen molar-refractivity contribution in [3.8, 4) is 5.75 Å². The molecule has 4 heteroatoms. The van der Waals surface area contributed by atoms with Gasteiger partial charge in [-0.2, -0.15) is 0 Å². The third-order valence-electron chi connectivity index (χ3n) is 3.08. The SMILES string of the molecule is Nc1ccccc1N=Nc1ccc2ccccc2c1O. The van der Waals surface area contributed by atoms with Gasteiger partial charge in [0.05, 0.1) is 5.69 Å². The van der Waals surface area contributed by atoms with Crippen molar-refractivity contribution in [2.45, 2.75) is 0 Å². The molecule has 0 bridgehead atoms. The summed E-state index contributed by atoms with van der Waals surface area (Å²) in [5.41, 5.74) is 7.36. The van der Waals surface area contributed by atoms with Gasteiger partial charge in [-0.1, -0.05) is 42.5 Å². The normalized spacial score (nSPS) is 11.2. The molecule has 0 aliphatic carbocycles. The molecule has 20 heavy (non-hydrogen) atoms. The van der Waals surface area contributed by atoms with E-state index < -0.39 is 0 Å². The van der Waals surface area contributed by atoms with Crippen molar-refractivity contribution in [1.29, 1.82) is 0 Å². The average Bonchev–Trinajstić information content (AvgIpc) is 2.48. The number of fused-ring (bicyclic) bond motifs is 1. The van der Waals surface area contributed by atoms with Crippen molar-refractivity contribution >= 4 is 27.8 Å². The summed E-state index contributed by atoms with van der Waals surface area (Å²) in [4.78, 5) is 0. The van der Waals surface area contributed by atoms with E-state index in [2.05, 4.69) is 10.2 Å². The lowest BCUT2D eigenvalue weighted by Gasteiger charge is -2.03. The van der Waals surface area contributed by atoms with Crippen LogP contribution in [-0.2, 0) is 0 Å². The number of rotatable bonds is 2. The van der Waals surface area contributed by atoms with Gasteiger partial charge >= 0.3 is 0 Å². The Morgan fingerprint density at radius 2 is 1.45 bits per heavy atom. The van der Waals surface area contributed by atoms with Gasteiger partial charge in [0.25, 0.3) is 0 Å². The molecule has 0 aromatic heterocycles. The third-order valence-corrected chi connectivity index (χ3v) is 3.08. The molecule has 0 amide bonds. The Labute approximate surface area is 116 Å². The fourth-order valence-corrected chi connectivity index (χ4v) is 2.01. The summed E-state index contributed by atoms with van der Waals surface area (Å²) in [5.74, 6) is 0.126. The molecule has 3 rings (SSSR count). The molecule has 0 aliphatic rings. The number of azo groups is 1. The van der Waals surface area contributed by atoms with Crippen molar-refractivity contribution in [2.24, 2.45) is 10.2 Å². The third kappa shape index (κ3) is 2.19. The minimum Gasteiger partial charge on any atom is -0.505 e. The fraction of sp³-hybridized carbons (Fsp3) is 0. The lowest BCUT2D eigenvalue weighted by Crippen LogP contribution is -1.82. The zero-order chi connectivity index (χ0) is 13.9. The Morgan fingerprint density at radius 1 is 0.750 bits per heavy atom. The second kappa shape index (κ2) is 5.01. The molecule has 3 aromatic rings. The Bertz CT molecular complexity index is 797. The van der Waals surface area contributed by atoms with Gasteiger partial charge in [0.2, 0.25) is 0 Å². The van der Waals surface area contributed by atoms with E-state index in [0.717, 1.165) is 10.8 Å². The first-order valence-corrected chi connectivity index (χ1v) is 6.22. The summed E-state index contributed by atoms with van der Waals surface area (Å²) in [6.45, 7) is 0. The topological polar surface area (TPSA) is 71.0 Å².